The summed E-state index contributed by atoms with van der Waals surface area (Å²) in [4.78, 5) is 27.4. The highest BCUT2D eigenvalue weighted by Crippen LogP contribution is 2.34. The predicted octanol–water partition coefficient (Wildman–Crippen LogP) is 2.44. The third-order valence-corrected chi connectivity index (χ3v) is 6.87. The van der Waals surface area contributed by atoms with Gasteiger partial charge in [0.25, 0.3) is 15.9 Å². The molecule has 5 rings (SSSR count). The molecule has 3 aromatic rings. The molecule has 2 aromatic carbocycles. The first-order valence-corrected chi connectivity index (χ1v) is 11.2. The number of nitrogens with one attached hydrogen (secondary N) is 3. The van der Waals surface area contributed by atoms with Gasteiger partial charge in [-0.05, 0) is 42.0 Å². The number of ether oxygens (including phenoxy) is 1. The Morgan fingerprint density at radius 2 is 1.87 bits per heavy atom. The minimum absolute atomic E-state index is 0.0259. The molecule has 0 radical (unpaired) electrons. The predicted molar refractivity (Wildman–Crippen MR) is 111 cm³/mol. The van der Waals surface area contributed by atoms with Crippen LogP contribution in [-0.2, 0) is 26.0 Å². The van der Waals surface area contributed by atoms with Crippen LogP contribution in [0.5, 0.6) is 5.75 Å². The maximum atomic E-state index is 12.7. The van der Waals surface area contributed by atoms with Crippen LogP contribution >= 0.6 is 11.3 Å². The number of benzene rings is 2. The van der Waals surface area contributed by atoms with Gasteiger partial charge in [-0.15, -0.1) is 11.3 Å². The number of rotatable bonds is 4. The highest BCUT2D eigenvalue weighted by molar-refractivity contribution is 7.93. The molecular formula is C19H14N4O5S2. The lowest BCUT2D eigenvalue weighted by Gasteiger charge is -2.18. The van der Waals surface area contributed by atoms with Crippen molar-refractivity contribution in [1.82, 2.24) is 4.98 Å². The molecule has 0 spiro atoms. The van der Waals surface area contributed by atoms with Crippen LogP contribution < -0.4 is 20.1 Å². The van der Waals surface area contributed by atoms with E-state index in [0.717, 1.165) is 11.3 Å². The molecule has 11 heteroatoms. The van der Waals surface area contributed by atoms with Crippen LogP contribution in [0.4, 0.5) is 16.5 Å². The van der Waals surface area contributed by atoms with E-state index in [9.17, 15) is 18.0 Å². The summed E-state index contributed by atoms with van der Waals surface area (Å²) in [5, 5.41) is 7.33. The molecule has 3 heterocycles. The van der Waals surface area contributed by atoms with Gasteiger partial charge >= 0.3 is 0 Å². The molecule has 30 heavy (non-hydrogen) atoms. The third kappa shape index (κ3) is 3.37. The van der Waals surface area contributed by atoms with E-state index in [0.29, 0.717) is 33.9 Å². The molecule has 2 amide bonds. The second-order valence-electron chi connectivity index (χ2n) is 6.74. The molecule has 0 saturated heterocycles. The van der Waals surface area contributed by atoms with Crippen molar-refractivity contribution in [3.8, 4) is 17.0 Å². The number of hydrogen-bond acceptors (Lipinski definition) is 7. The molecule has 2 aliphatic rings. The lowest BCUT2D eigenvalue weighted by Crippen LogP contribution is -2.25. The van der Waals surface area contributed by atoms with Crippen molar-refractivity contribution >= 4 is 49.7 Å². The fourth-order valence-corrected chi connectivity index (χ4v) is 5.26. The first-order chi connectivity index (χ1) is 14.4. The van der Waals surface area contributed by atoms with E-state index in [4.69, 9.17) is 4.74 Å². The van der Waals surface area contributed by atoms with E-state index in [1.807, 2.05) is 0 Å². The average molecular weight is 442 g/mol. The van der Waals surface area contributed by atoms with Crippen LogP contribution in [0.3, 0.4) is 0 Å². The van der Waals surface area contributed by atoms with Crippen molar-refractivity contribution in [2.75, 3.05) is 22.0 Å². The van der Waals surface area contributed by atoms with E-state index >= 15 is 0 Å². The van der Waals surface area contributed by atoms with E-state index < -0.39 is 10.0 Å². The van der Waals surface area contributed by atoms with Crippen LogP contribution in [-0.4, -0.2) is 31.8 Å². The number of anilines is 3. The van der Waals surface area contributed by atoms with Crippen molar-refractivity contribution in [1.29, 1.82) is 0 Å². The van der Waals surface area contributed by atoms with Gasteiger partial charge in [0.2, 0.25) is 5.91 Å². The molecule has 2 aliphatic heterocycles. The van der Waals surface area contributed by atoms with E-state index in [1.165, 1.54) is 12.1 Å². The standard InChI is InChI=1S/C19H14N4O5S2/c24-17-7-11-5-12(2-3-13(11)20-17)30(26,27)23-19-22-15(9-29-19)10-1-4-16-14(6-10)21-18(25)8-28-16/h1-6,9H,7-8H2,(H,20,24)(H,21,25)(H,22,23). The Balaban J connectivity index is 1.39. The Labute approximate surface area is 175 Å². The zero-order valence-corrected chi connectivity index (χ0v) is 16.9. The van der Waals surface area contributed by atoms with Crippen LogP contribution in [0.15, 0.2) is 46.7 Å². The van der Waals surface area contributed by atoms with E-state index in [-0.39, 0.29) is 34.9 Å². The Hall–Kier alpha value is -3.44. The van der Waals surface area contributed by atoms with Crippen molar-refractivity contribution < 1.29 is 22.7 Å². The van der Waals surface area contributed by atoms with Crippen molar-refractivity contribution in [3.63, 3.8) is 0 Å². The lowest BCUT2D eigenvalue weighted by molar-refractivity contribution is -0.118. The minimum atomic E-state index is -3.86. The second kappa shape index (κ2) is 6.82. The average Bonchev–Trinajstić information content (AvgIpc) is 3.31. The Morgan fingerprint density at radius 1 is 1.03 bits per heavy atom. The Morgan fingerprint density at radius 3 is 2.73 bits per heavy atom. The second-order valence-corrected chi connectivity index (χ2v) is 9.28. The van der Waals surface area contributed by atoms with Gasteiger partial charge in [0.05, 0.1) is 22.7 Å². The van der Waals surface area contributed by atoms with Gasteiger partial charge in [-0.3, -0.25) is 14.3 Å². The quantitative estimate of drug-likeness (QED) is 0.570. The van der Waals surface area contributed by atoms with Crippen LogP contribution in [0.1, 0.15) is 5.56 Å². The third-order valence-electron chi connectivity index (χ3n) is 4.65. The normalized spacial score (nSPS) is 14.9. The SMILES string of the molecule is O=C1Cc2cc(S(=O)(=O)Nc3nc(-c4ccc5c(c4)NC(=O)CO5)cs3)ccc2N1. The molecule has 0 fully saturated rings. The fraction of sp³-hybridized carbons (Fsp3) is 0.105. The number of aromatic nitrogens is 1. The van der Waals surface area contributed by atoms with Crippen LogP contribution in [0.25, 0.3) is 11.3 Å². The van der Waals surface area contributed by atoms with Crippen molar-refractivity contribution in [3.05, 3.63) is 47.3 Å². The Kier molecular flexibility index (Phi) is 4.22. The molecule has 0 bridgehead atoms. The van der Waals surface area contributed by atoms with Crippen LogP contribution in [0, 0.1) is 0 Å². The lowest BCUT2D eigenvalue weighted by atomic mass is 10.1. The van der Waals surface area contributed by atoms with Crippen molar-refractivity contribution in [2.45, 2.75) is 11.3 Å². The number of hydrogen-bond donors (Lipinski definition) is 3. The monoisotopic (exact) mass is 442 g/mol. The van der Waals surface area contributed by atoms with Gasteiger partial charge in [0, 0.05) is 16.6 Å². The molecule has 1 aromatic heterocycles. The molecule has 9 nitrogen and oxygen atoms in total. The molecule has 3 N–H and O–H groups in total. The molecule has 0 saturated carbocycles. The number of thiazole rings is 1. The topological polar surface area (TPSA) is 126 Å². The van der Waals surface area contributed by atoms with Gasteiger partial charge in [0.15, 0.2) is 11.7 Å². The number of sulfonamides is 1. The summed E-state index contributed by atoms with van der Waals surface area (Å²) >= 11 is 1.14. The summed E-state index contributed by atoms with van der Waals surface area (Å²) in [6.45, 7) is -0.0259. The van der Waals surface area contributed by atoms with Gasteiger partial charge in [-0.1, -0.05) is 0 Å². The van der Waals surface area contributed by atoms with Crippen molar-refractivity contribution in [2.24, 2.45) is 0 Å². The number of carbonyl (C=O) groups is 2. The maximum absolute atomic E-state index is 12.7. The van der Waals surface area contributed by atoms with Gasteiger partial charge in [-0.2, -0.15) is 0 Å². The van der Waals surface area contributed by atoms with Gasteiger partial charge in [-0.25, -0.2) is 13.4 Å². The first-order valence-electron chi connectivity index (χ1n) is 8.86. The maximum Gasteiger partial charge on any atom is 0.263 e. The van der Waals surface area contributed by atoms with Crippen LogP contribution in [0.2, 0.25) is 0 Å². The zero-order valence-electron chi connectivity index (χ0n) is 15.3. The largest absolute Gasteiger partial charge is 0.482 e. The number of carbonyl (C=O) groups excluding carboxylic acids is 2. The highest BCUT2D eigenvalue weighted by atomic mass is 32.2. The van der Waals surface area contributed by atoms with Gasteiger partial charge in [0.1, 0.15) is 5.75 Å². The minimum Gasteiger partial charge on any atom is -0.482 e. The molecule has 0 unspecified atom stereocenters. The summed E-state index contributed by atoms with van der Waals surface area (Å²) in [5.74, 6) is 0.167. The summed E-state index contributed by atoms with van der Waals surface area (Å²) in [5.41, 5.74) is 3.08. The zero-order chi connectivity index (χ0) is 20.9. The molecule has 0 atom stereocenters. The summed E-state index contributed by atoms with van der Waals surface area (Å²) < 4.78 is 33.3. The number of amides is 2. The summed E-state index contributed by atoms with van der Waals surface area (Å²) in [6.07, 6.45) is 0.151. The van der Waals surface area contributed by atoms with Gasteiger partial charge < -0.3 is 15.4 Å². The van der Waals surface area contributed by atoms with E-state index in [2.05, 4.69) is 20.3 Å². The fourth-order valence-electron chi connectivity index (χ4n) is 3.24. The summed E-state index contributed by atoms with van der Waals surface area (Å²) in [6, 6.07) is 9.74. The van der Waals surface area contributed by atoms with E-state index in [1.54, 1.807) is 29.6 Å². The molecule has 152 valence electrons. The summed E-state index contributed by atoms with van der Waals surface area (Å²) in [7, 11) is -3.86. The highest BCUT2D eigenvalue weighted by Gasteiger charge is 2.23. The smallest absolute Gasteiger partial charge is 0.263 e. The molecule has 0 aliphatic carbocycles. The Bertz CT molecular complexity index is 1320. The first kappa shape index (κ1) is 18.6. The molecular weight excluding hydrogens is 428 g/mol. The number of nitrogens with zero attached hydrogens (tertiary/aromatic N) is 1. The number of fused-ring (bicyclic) bond motifs is 2.